The molecule has 1 amide bonds. The van der Waals surface area contributed by atoms with Gasteiger partial charge in [-0.1, -0.05) is 23.7 Å². The molecule has 1 aromatic carbocycles. The van der Waals surface area contributed by atoms with Crippen molar-refractivity contribution in [2.75, 3.05) is 6.54 Å². The number of benzene rings is 1. The summed E-state index contributed by atoms with van der Waals surface area (Å²) < 4.78 is 4.84. The second kappa shape index (κ2) is 3.68. The van der Waals surface area contributed by atoms with Gasteiger partial charge in [0.1, 0.15) is 0 Å². The van der Waals surface area contributed by atoms with E-state index in [2.05, 4.69) is 5.32 Å². The molecule has 0 aromatic heterocycles. The van der Waals surface area contributed by atoms with Crippen LogP contribution in [-0.4, -0.2) is 23.7 Å². The zero-order chi connectivity index (χ0) is 11.8. The Morgan fingerprint density at radius 2 is 2.31 bits per heavy atom. The summed E-state index contributed by atoms with van der Waals surface area (Å²) in [4.78, 5) is 22.2. The van der Waals surface area contributed by atoms with Crippen LogP contribution >= 0.6 is 11.6 Å². The fraction of sp³-hybridized carbons (Fsp3) is 0.200. The molecule has 16 heavy (non-hydrogen) atoms. The number of halogens is 1. The molecule has 1 unspecified atom stereocenters. The third-order valence-corrected chi connectivity index (χ3v) is 2.62. The Kier molecular flexibility index (Phi) is 2.47. The van der Waals surface area contributed by atoms with E-state index >= 15 is 0 Å². The van der Waals surface area contributed by atoms with Crippen LogP contribution in [0.2, 0.25) is 5.02 Å². The maximum Gasteiger partial charge on any atom is 0.408 e. The number of rotatable bonds is 2. The second-order valence-corrected chi connectivity index (χ2v) is 3.82. The van der Waals surface area contributed by atoms with Gasteiger partial charge in [0, 0.05) is 10.6 Å². The molecule has 2 rings (SSSR count). The highest BCUT2D eigenvalue weighted by molar-refractivity contribution is 6.30. The van der Waals surface area contributed by atoms with Gasteiger partial charge in [0.05, 0.1) is 6.54 Å². The Morgan fingerprint density at radius 3 is 2.81 bits per heavy atom. The number of amides is 1. The van der Waals surface area contributed by atoms with E-state index in [4.69, 9.17) is 21.4 Å². The third-order valence-electron chi connectivity index (χ3n) is 2.38. The van der Waals surface area contributed by atoms with Crippen molar-refractivity contribution in [3.8, 4) is 0 Å². The molecule has 0 saturated carbocycles. The van der Waals surface area contributed by atoms with Gasteiger partial charge in [-0.05, 0) is 12.1 Å². The molecule has 1 fully saturated rings. The molecule has 2 N–H and O–H groups in total. The third kappa shape index (κ3) is 1.59. The number of nitrogens with one attached hydrogen (secondary N) is 1. The number of carbonyl (C=O) groups is 2. The van der Waals surface area contributed by atoms with Gasteiger partial charge < -0.3 is 15.2 Å². The first-order valence-corrected chi connectivity index (χ1v) is 4.89. The van der Waals surface area contributed by atoms with Crippen molar-refractivity contribution >= 4 is 23.7 Å². The fourth-order valence-electron chi connectivity index (χ4n) is 1.57. The lowest BCUT2D eigenvalue weighted by atomic mass is 9.94. The molecule has 6 heteroatoms. The van der Waals surface area contributed by atoms with Crippen LogP contribution in [0.4, 0.5) is 4.79 Å². The van der Waals surface area contributed by atoms with Crippen molar-refractivity contribution in [2.45, 2.75) is 5.60 Å². The number of carboxylic acids is 1. The first kappa shape index (κ1) is 10.8. The average Bonchev–Trinajstić information content (AvgIpc) is 2.62. The molecule has 0 radical (unpaired) electrons. The first-order chi connectivity index (χ1) is 7.54. The highest BCUT2D eigenvalue weighted by Crippen LogP contribution is 2.30. The predicted octanol–water partition coefficient (Wildman–Crippen LogP) is 1.36. The Labute approximate surface area is 96.0 Å². The summed E-state index contributed by atoms with van der Waals surface area (Å²) in [7, 11) is 0. The van der Waals surface area contributed by atoms with Gasteiger partial charge in [-0.25, -0.2) is 9.59 Å². The fourth-order valence-corrected chi connectivity index (χ4v) is 1.76. The molecular weight excluding hydrogens is 234 g/mol. The number of carboxylic acid groups (broad SMARTS) is 1. The largest absolute Gasteiger partial charge is 0.478 e. The Balaban J connectivity index is 2.48. The lowest BCUT2D eigenvalue weighted by Crippen LogP contribution is -2.39. The summed E-state index contributed by atoms with van der Waals surface area (Å²) in [5, 5.41) is 11.9. The molecule has 0 spiro atoms. The van der Waals surface area contributed by atoms with Crippen LogP contribution in [0, 0.1) is 0 Å². The first-order valence-electron chi connectivity index (χ1n) is 4.51. The van der Waals surface area contributed by atoms with Crippen LogP contribution in [0.5, 0.6) is 0 Å². The number of cyclic esters (lactones) is 1. The van der Waals surface area contributed by atoms with Crippen LogP contribution in [0.15, 0.2) is 24.3 Å². The molecule has 84 valence electrons. The number of ether oxygens (including phenoxy) is 1. The molecule has 0 aliphatic carbocycles. The molecule has 0 bridgehead atoms. The van der Waals surface area contributed by atoms with Gasteiger partial charge in [0.25, 0.3) is 5.60 Å². The van der Waals surface area contributed by atoms with Crippen LogP contribution < -0.4 is 5.32 Å². The van der Waals surface area contributed by atoms with Crippen LogP contribution in [0.3, 0.4) is 0 Å². The van der Waals surface area contributed by atoms with E-state index < -0.39 is 17.7 Å². The van der Waals surface area contributed by atoms with Gasteiger partial charge in [0.2, 0.25) is 0 Å². The lowest BCUT2D eigenvalue weighted by molar-refractivity contribution is -0.155. The minimum atomic E-state index is -1.68. The van der Waals surface area contributed by atoms with Crippen LogP contribution in [0.25, 0.3) is 0 Å². The van der Waals surface area contributed by atoms with Crippen molar-refractivity contribution in [1.29, 1.82) is 0 Å². The van der Waals surface area contributed by atoms with Crippen molar-refractivity contribution in [1.82, 2.24) is 5.32 Å². The molecule has 1 atom stereocenters. The lowest BCUT2D eigenvalue weighted by Gasteiger charge is -2.21. The quantitative estimate of drug-likeness (QED) is 0.820. The number of carbonyl (C=O) groups excluding carboxylic acids is 1. The Hall–Kier alpha value is -1.75. The van der Waals surface area contributed by atoms with E-state index in [1.165, 1.54) is 6.07 Å². The van der Waals surface area contributed by atoms with Gasteiger partial charge in [-0.15, -0.1) is 0 Å². The molecular formula is C10H8ClNO4. The summed E-state index contributed by atoms with van der Waals surface area (Å²) in [5.41, 5.74) is -1.34. The SMILES string of the molecule is O=C1NCC(C(=O)O)(c2cccc(Cl)c2)O1. The Morgan fingerprint density at radius 1 is 1.56 bits per heavy atom. The van der Waals surface area contributed by atoms with Crippen LogP contribution in [-0.2, 0) is 15.1 Å². The maximum absolute atomic E-state index is 11.2. The van der Waals surface area contributed by atoms with Gasteiger partial charge in [-0.3, -0.25) is 0 Å². The summed E-state index contributed by atoms with van der Waals surface area (Å²) in [6.45, 7) is -0.110. The van der Waals surface area contributed by atoms with E-state index in [-0.39, 0.29) is 6.54 Å². The Bertz CT molecular complexity index is 462. The van der Waals surface area contributed by atoms with Crippen molar-refractivity contribution in [2.24, 2.45) is 0 Å². The van der Waals surface area contributed by atoms with Crippen molar-refractivity contribution in [3.63, 3.8) is 0 Å². The van der Waals surface area contributed by atoms with E-state index in [9.17, 15) is 9.59 Å². The van der Waals surface area contributed by atoms with Gasteiger partial charge in [-0.2, -0.15) is 0 Å². The summed E-state index contributed by atoms with van der Waals surface area (Å²) in [6, 6.07) is 6.25. The molecule has 1 aliphatic heterocycles. The number of hydrogen-bond acceptors (Lipinski definition) is 3. The van der Waals surface area contributed by atoms with Gasteiger partial charge in [0.15, 0.2) is 0 Å². The average molecular weight is 242 g/mol. The second-order valence-electron chi connectivity index (χ2n) is 3.39. The summed E-state index contributed by atoms with van der Waals surface area (Å²) in [5.74, 6) is -1.23. The minimum Gasteiger partial charge on any atom is -0.478 e. The summed E-state index contributed by atoms with van der Waals surface area (Å²) in [6.07, 6.45) is -0.748. The highest BCUT2D eigenvalue weighted by atomic mass is 35.5. The molecule has 1 heterocycles. The minimum absolute atomic E-state index is 0.110. The maximum atomic E-state index is 11.2. The standard InChI is InChI=1S/C10H8ClNO4/c11-7-3-1-2-6(4-7)10(8(13)14)5-12-9(15)16-10/h1-4H,5H2,(H,12,15)(H,13,14). The highest BCUT2D eigenvalue weighted by Gasteiger charge is 2.49. The molecule has 1 saturated heterocycles. The predicted molar refractivity (Wildman–Crippen MR) is 55.2 cm³/mol. The smallest absolute Gasteiger partial charge is 0.408 e. The monoisotopic (exact) mass is 241 g/mol. The zero-order valence-corrected chi connectivity index (χ0v) is 8.82. The van der Waals surface area contributed by atoms with E-state index in [0.717, 1.165) is 0 Å². The number of aliphatic carboxylic acids is 1. The topological polar surface area (TPSA) is 75.6 Å². The summed E-state index contributed by atoms with van der Waals surface area (Å²) >= 11 is 5.77. The molecule has 1 aliphatic rings. The number of alkyl carbamates (subject to hydrolysis) is 1. The van der Waals surface area contributed by atoms with E-state index in [0.29, 0.717) is 10.6 Å². The number of hydrogen-bond donors (Lipinski definition) is 2. The molecule has 5 nitrogen and oxygen atoms in total. The van der Waals surface area contributed by atoms with Gasteiger partial charge >= 0.3 is 12.1 Å². The van der Waals surface area contributed by atoms with Crippen molar-refractivity contribution < 1.29 is 19.4 Å². The van der Waals surface area contributed by atoms with Crippen LogP contribution in [0.1, 0.15) is 5.56 Å². The van der Waals surface area contributed by atoms with E-state index in [1.54, 1.807) is 18.2 Å². The normalized spacial score (nSPS) is 23.7. The molecule has 1 aromatic rings. The van der Waals surface area contributed by atoms with Crippen molar-refractivity contribution in [3.05, 3.63) is 34.9 Å². The zero-order valence-electron chi connectivity index (χ0n) is 8.07. The van der Waals surface area contributed by atoms with E-state index in [1.807, 2.05) is 0 Å².